The van der Waals surface area contributed by atoms with Crippen molar-refractivity contribution >= 4 is 44.9 Å². The summed E-state index contributed by atoms with van der Waals surface area (Å²) < 4.78 is 0. The molecule has 5 nitrogen and oxygen atoms in total. The molecule has 0 aliphatic carbocycles. The van der Waals surface area contributed by atoms with Gasteiger partial charge in [-0.1, -0.05) is 23.7 Å². The highest BCUT2D eigenvalue weighted by Gasteiger charge is 2.19. The van der Waals surface area contributed by atoms with Gasteiger partial charge < -0.3 is 10.2 Å². The van der Waals surface area contributed by atoms with Crippen molar-refractivity contribution in [1.82, 2.24) is 14.9 Å². The number of halogens is 1. The number of anilines is 1. The van der Waals surface area contributed by atoms with Gasteiger partial charge in [0.15, 0.2) is 0 Å². The van der Waals surface area contributed by atoms with Crippen LogP contribution in [0.5, 0.6) is 0 Å². The van der Waals surface area contributed by atoms with E-state index in [-0.39, 0.29) is 5.91 Å². The zero-order valence-electron chi connectivity index (χ0n) is 14.2. The summed E-state index contributed by atoms with van der Waals surface area (Å²) in [5.74, 6) is 1.12. The van der Waals surface area contributed by atoms with Crippen LogP contribution in [0.2, 0.25) is 5.02 Å². The van der Waals surface area contributed by atoms with Crippen LogP contribution >= 0.6 is 22.9 Å². The summed E-state index contributed by atoms with van der Waals surface area (Å²) in [5.41, 5.74) is 2.21. The van der Waals surface area contributed by atoms with Crippen LogP contribution in [0.4, 0.5) is 5.82 Å². The highest BCUT2D eigenvalue weighted by atomic mass is 35.5. The van der Waals surface area contributed by atoms with Crippen LogP contribution in [0, 0.1) is 0 Å². The molecule has 2 aromatic heterocycles. The van der Waals surface area contributed by atoms with Crippen molar-refractivity contribution in [1.29, 1.82) is 0 Å². The van der Waals surface area contributed by atoms with Gasteiger partial charge in [-0.15, -0.1) is 11.3 Å². The number of hydrogen-bond acceptors (Lipinski definition) is 5. The molecule has 0 unspecified atom stereocenters. The molecule has 1 fully saturated rings. The second kappa shape index (κ2) is 7.60. The van der Waals surface area contributed by atoms with E-state index in [2.05, 4.69) is 20.7 Å². The van der Waals surface area contributed by atoms with Gasteiger partial charge in [0.25, 0.3) is 0 Å². The number of carbonyl (C=O) groups excluding carboxylic acids is 1. The summed E-state index contributed by atoms with van der Waals surface area (Å²) in [6.07, 6.45) is 4.17. The van der Waals surface area contributed by atoms with Crippen LogP contribution in [0.25, 0.3) is 21.3 Å². The average molecular weight is 387 g/mol. The molecule has 1 saturated heterocycles. The molecule has 7 heteroatoms. The highest BCUT2D eigenvalue weighted by Crippen LogP contribution is 2.36. The SMILES string of the molecule is O=C1CCCN1CCCNc1ncnc2scc(-c3ccc(Cl)cc3)c12. The van der Waals surface area contributed by atoms with Crippen LogP contribution in [0.15, 0.2) is 36.0 Å². The second-order valence-electron chi connectivity index (χ2n) is 6.32. The van der Waals surface area contributed by atoms with E-state index < -0.39 is 0 Å². The number of fused-ring (bicyclic) bond motifs is 1. The first-order valence-electron chi connectivity index (χ1n) is 8.72. The molecular formula is C19H19ClN4OS. The number of nitrogens with one attached hydrogen (secondary N) is 1. The van der Waals surface area contributed by atoms with Gasteiger partial charge in [0.05, 0.1) is 5.39 Å². The van der Waals surface area contributed by atoms with E-state index in [4.69, 9.17) is 11.6 Å². The maximum absolute atomic E-state index is 11.7. The monoisotopic (exact) mass is 386 g/mol. The minimum atomic E-state index is 0.275. The summed E-state index contributed by atoms with van der Waals surface area (Å²) in [5, 5.41) is 7.29. The molecule has 1 aromatic carbocycles. The number of benzene rings is 1. The first-order valence-corrected chi connectivity index (χ1v) is 9.98. The lowest BCUT2D eigenvalue weighted by molar-refractivity contribution is -0.127. The van der Waals surface area contributed by atoms with E-state index in [1.165, 1.54) is 0 Å². The predicted octanol–water partition coefficient (Wildman–Crippen LogP) is 4.44. The first kappa shape index (κ1) is 17.2. The first-order chi connectivity index (χ1) is 12.7. The number of likely N-dealkylation sites (tertiary alicyclic amines) is 1. The summed E-state index contributed by atoms with van der Waals surface area (Å²) in [7, 11) is 0. The topological polar surface area (TPSA) is 58.1 Å². The standard InChI is InChI=1S/C19H19ClN4OS/c20-14-6-4-13(5-7-14)15-11-26-19-17(15)18(22-12-23-19)21-8-2-10-24-9-1-3-16(24)25/h4-7,11-12H,1-3,8-10H2,(H,21,22,23). The number of rotatable bonds is 6. The van der Waals surface area contributed by atoms with E-state index >= 15 is 0 Å². The van der Waals surface area contributed by atoms with E-state index in [0.29, 0.717) is 6.42 Å². The predicted molar refractivity (Wildman–Crippen MR) is 107 cm³/mol. The Balaban J connectivity index is 1.50. The molecule has 1 N–H and O–H groups in total. The summed E-state index contributed by atoms with van der Waals surface area (Å²) in [6, 6.07) is 7.81. The van der Waals surface area contributed by atoms with Crippen LogP contribution < -0.4 is 5.32 Å². The van der Waals surface area contributed by atoms with Crippen molar-refractivity contribution < 1.29 is 4.79 Å². The van der Waals surface area contributed by atoms with Gasteiger partial charge in [-0.2, -0.15) is 0 Å². The molecule has 26 heavy (non-hydrogen) atoms. The number of carbonyl (C=O) groups is 1. The average Bonchev–Trinajstić information content (AvgIpc) is 3.26. The van der Waals surface area contributed by atoms with Gasteiger partial charge in [0.1, 0.15) is 17.0 Å². The fourth-order valence-electron chi connectivity index (χ4n) is 3.27. The van der Waals surface area contributed by atoms with Gasteiger partial charge in [0.2, 0.25) is 5.91 Å². The zero-order valence-corrected chi connectivity index (χ0v) is 15.8. The molecule has 0 radical (unpaired) electrons. The second-order valence-corrected chi connectivity index (χ2v) is 7.62. The third-order valence-corrected chi connectivity index (χ3v) is 5.73. The number of hydrogen-bond donors (Lipinski definition) is 1. The van der Waals surface area contributed by atoms with Crippen LogP contribution in [0.1, 0.15) is 19.3 Å². The van der Waals surface area contributed by atoms with Gasteiger partial charge >= 0.3 is 0 Å². The Kier molecular flexibility index (Phi) is 5.04. The van der Waals surface area contributed by atoms with Gasteiger partial charge in [-0.25, -0.2) is 9.97 Å². The summed E-state index contributed by atoms with van der Waals surface area (Å²) in [6.45, 7) is 2.46. The molecule has 4 rings (SSSR count). The molecule has 0 bridgehead atoms. The minimum absolute atomic E-state index is 0.275. The maximum Gasteiger partial charge on any atom is 0.222 e. The quantitative estimate of drug-likeness (QED) is 0.636. The number of aromatic nitrogens is 2. The van der Waals surface area contributed by atoms with Crippen molar-refractivity contribution in [2.75, 3.05) is 25.0 Å². The van der Waals surface area contributed by atoms with E-state index in [1.807, 2.05) is 29.2 Å². The molecule has 3 aromatic rings. The number of thiophene rings is 1. The smallest absolute Gasteiger partial charge is 0.222 e. The van der Waals surface area contributed by atoms with Gasteiger partial charge in [-0.3, -0.25) is 4.79 Å². The van der Waals surface area contributed by atoms with Crippen LogP contribution in [-0.2, 0) is 4.79 Å². The lowest BCUT2D eigenvalue weighted by Crippen LogP contribution is -2.27. The van der Waals surface area contributed by atoms with Gasteiger partial charge in [0, 0.05) is 42.0 Å². The lowest BCUT2D eigenvalue weighted by atomic mass is 10.1. The van der Waals surface area contributed by atoms with E-state index in [0.717, 1.165) is 64.7 Å². The van der Waals surface area contributed by atoms with Crippen LogP contribution in [0.3, 0.4) is 0 Å². The Labute approximate surface area is 161 Å². The molecule has 1 amide bonds. The van der Waals surface area contributed by atoms with Crippen molar-refractivity contribution in [3.63, 3.8) is 0 Å². The molecule has 0 saturated carbocycles. The fourth-order valence-corrected chi connectivity index (χ4v) is 4.31. The zero-order chi connectivity index (χ0) is 17.9. The lowest BCUT2D eigenvalue weighted by Gasteiger charge is -2.15. The Morgan fingerprint density at radius 2 is 2.08 bits per heavy atom. The highest BCUT2D eigenvalue weighted by molar-refractivity contribution is 7.17. The molecule has 0 spiro atoms. The molecule has 3 heterocycles. The summed E-state index contributed by atoms with van der Waals surface area (Å²) >= 11 is 7.62. The molecular weight excluding hydrogens is 368 g/mol. The Hall–Kier alpha value is -2.18. The Morgan fingerprint density at radius 3 is 2.85 bits per heavy atom. The Morgan fingerprint density at radius 1 is 1.23 bits per heavy atom. The number of nitrogens with zero attached hydrogens (tertiary/aromatic N) is 3. The molecule has 0 atom stereocenters. The third-order valence-electron chi connectivity index (χ3n) is 4.59. The molecule has 1 aliphatic rings. The normalized spacial score (nSPS) is 14.3. The number of amides is 1. The molecule has 134 valence electrons. The van der Waals surface area contributed by atoms with Crippen LogP contribution in [-0.4, -0.2) is 40.4 Å². The van der Waals surface area contributed by atoms with E-state index in [9.17, 15) is 4.79 Å². The Bertz CT molecular complexity index is 925. The summed E-state index contributed by atoms with van der Waals surface area (Å²) in [4.78, 5) is 23.4. The maximum atomic E-state index is 11.7. The van der Waals surface area contributed by atoms with Crippen molar-refractivity contribution in [3.8, 4) is 11.1 Å². The van der Waals surface area contributed by atoms with Crippen molar-refractivity contribution in [2.45, 2.75) is 19.3 Å². The third kappa shape index (κ3) is 3.52. The largest absolute Gasteiger partial charge is 0.369 e. The fraction of sp³-hybridized carbons (Fsp3) is 0.316. The van der Waals surface area contributed by atoms with Crippen molar-refractivity contribution in [2.24, 2.45) is 0 Å². The minimum Gasteiger partial charge on any atom is -0.369 e. The van der Waals surface area contributed by atoms with Crippen molar-refractivity contribution in [3.05, 3.63) is 41.0 Å². The van der Waals surface area contributed by atoms with Gasteiger partial charge in [-0.05, 0) is 30.5 Å². The molecule has 1 aliphatic heterocycles. The van der Waals surface area contributed by atoms with E-state index in [1.54, 1.807) is 17.7 Å².